The monoisotopic (exact) mass is 80.0 g/mol. The van der Waals surface area contributed by atoms with Gasteiger partial charge in [-0.3, -0.25) is 0 Å². The van der Waals surface area contributed by atoms with Crippen molar-refractivity contribution in [1.29, 1.82) is 0 Å². The highest BCUT2D eigenvalue weighted by atomic mass is 31.1. The predicted molar refractivity (Wildman–Crippen MR) is 19.9 cm³/mol. The lowest BCUT2D eigenvalue weighted by atomic mass is 12.0. The molecule has 0 aromatic heterocycles. The van der Waals surface area contributed by atoms with E-state index in [1.165, 1.54) is 0 Å². The summed E-state index contributed by atoms with van der Waals surface area (Å²) in [6.07, 6.45) is 2.85. The van der Waals surface area contributed by atoms with E-state index in [1.807, 2.05) is 0 Å². The summed E-state index contributed by atoms with van der Waals surface area (Å²) in [6, 6.07) is 0. The van der Waals surface area contributed by atoms with E-state index in [0.29, 0.717) is 0 Å². The van der Waals surface area contributed by atoms with Gasteiger partial charge in [-0.1, -0.05) is 6.30 Å². The third-order valence-corrected chi connectivity index (χ3v) is 0. The van der Waals surface area contributed by atoms with Gasteiger partial charge in [-0.25, -0.2) is 0 Å². The van der Waals surface area contributed by atoms with E-state index in [2.05, 4.69) is 6.30 Å². The third kappa shape index (κ3) is 68.3. The first kappa shape index (κ1) is 4.22. The van der Waals surface area contributed by atoms with Crippen LogP contribution in [0, 0.1) is 0 Å². The van der Waals surface area contributed by atoms with Gasteiger partial charge >= 0.3 is 0 Å². The van der Waals surface area contributed by atoms with Crippen LogP contribution in [0.4, 0.5) is 0 Å². The second-order valence-electron chi connectivity index (χ2n) is 0.416. The van der Waals surface area contributed by atoms with Crippen molar-refractivity contribution in [2.45, 2.75) is 0 Å². The van der Waals surface area contributed by atoms with Gasteiger partial charge in [-0.05, 0) is 0 Å². The molecule has 4 heavy (non-hydrogen) atoms. The molecule has 0 bridgehead atoms. The zero-order valence-corrected chi connectivity index (χ0v) is 3.10. The van der Waals surface area contributed by atoms with Crippen molar-refractivity contribution in [3.05, 3.63) is 0 Å². The maximum Gasteiger partial charge on any atom is 0.0986 e. The minimum Gasteiger partial charge on any atom is -0.355 e. The topological polar surface area (TPSA) is 40.5 Å². The van der Waals surface area contributed by atoms with Gasteiger partial charge in [-0.2, -0.15) is 0 Å². The van der Waals surface area contributed by atoms with Crippen LogP contribution in [0.25, 0.3) is 0 Å². The van der Waals surface area contributed by atoms with Crippen LogP contribution in [0.3, 0.4) is 0 Å². The highest BCUT2D eigenvalue weighted by Gasteiger charge is 1.50. The van der Waals surface area contributed by atoms with Crippen LogP contribution < -0.4 is 0 Å². The Hall–Kier alpha value is 0.220. The number of hydrogen-bond donors (Lipinski definition) is 2. The molecule has 0 aliphatic carbocycles. The summed E-state index contributed by atoms with van der Waals surface area (Å²) in [5.41, 5.74) is 0. The fourth-order valence-electron chi connectivity index (χ4n) is 0. The SMILES string of the molecule is C=[PH](O)O. The lowest BCUT2D eigenvalue weighted by Crippen LogP contribution is -1.39. The maximum absolute atomic E-state index is 7.60. The van der Waals surface area contributed by atoms with Crippen molar-refractivity contribution in [2.24, 2.45) is 0 Å². The molecule has 2 nitrogen and oxygen atoms in total. The summed E-state index contributed by atoms with van der Waals surface area (Å²) in [5.74, 6) is 0. The molecule has 0 rings (SSSR count). The summed E-state index contributed by atoms with van der Waals surface area (Å²) >= 11 is 0. The molecule has 0 fully saturated rings. The Balaban J connectivity index is 2.80. The van der Waals surface area contributed by atoms with Gasteiger partial charge < -0.3 is 9.79 Å². The van der Waals surface area contributed by atoms with E-state index < -0.39 is 8.00 Å². The van der Waals surface area contributed by atoms with E-state index in [0.717, 1.165) is 0 Å². The van der Waals surface area contributed by atoms with E-state index in [4.69, 9.17) is 9.79 Å². The molecule has 0 aliphatic rings. The Morgan fingerprint density at radius 3 is 1.50 bits per heavy atom. The standard InChI is InChI=1S/CH5O2P/c1-4(2)3/h2-4H,1H2. The van der Waals surface area contributed by atoms with E-state index in [1.54, 1.807) is 0 Å². The van der Waals surface area contributed by atoms with Crippen molar-refractivity contribution < 1.29 is 9.79 Å². The lowest BCUT2D eigenvalue weighted by molar-refractivity contribution is 0.508. The Morgan fingerprint density at radius 1 is 1.50 bits per heavy atom. The van der Waals surface area contributed by atoms with Gasteiger partial charge in [0.1, 0.15) is 0 Å². The molecule has 0 atom stereocenters. The molecule has 26 valence electrons. The van der Waals surface area contributed by atoms with Gasteiger partial charge in [-0.15, -0.1) is 0 Å². The molecule has 0 saturated heterocycles. The van der Waals surface area contributed by atoms with Crippen molar-refractivity contribution in [3.63, 3.8) is 0 Å². The zero-order valence-electron chi connectivity index (χ0n) is 2.10. The predicted octanol–water partition coefficient (Wildman–Crippen LogP) is -0.553. The van der Waals surface area contributed by atoms with Gasteiger partial charge in [0.15, 0.2) is 0 Å². The molecule has 0 aromatic rings. The largest absolute Gasteiger partial charge is 0.355 e. The first-order chi connectivity index (χ1) is 1.73. The summed E-state index contributed by atoms with van der Waals surface area (Å²) < 4.78 is 0. The number of rotatable bonds is 0. The van der Waals surface area contributed by atoms with Crippen LogP contribution in [0.5, 0.6) is 0 Å². The Labute approximate surface area is 25.3 Å². The molecule has 0 aromatic carbocycles. The van der Waals surface area contributed by atoms with Gasteiger partial charge in [0, 0.05) is 0 Å². The summed E-state index contributed by atoms with van der Waals surface area (Å²) in [7, 11) is -2.13. The van der Waals surface area contributed by atoms with E-state index >= 15 is 0 Å². The second-order valence-corrected chi connectivity index (χ2v) is 1.25. The van der Waals surface area contributed by atoms with Crippen LogP contribution in [-0.2, 0) is 0 Å². The molecule has 0 aliphatic heterocycles. The first-order valence-corrected chi connectivity index (χ1v) is 2.40. The zero-order chi connectivity index (χ0) is 3.58. The van der Waals surface area contributed by atoms with Crippen molar-refractivity contribution in [3.8, 4) is 0 Å². The average molecular weight is 80.0 g/mol. The summed E-state index contributed by atoms with van der Waals surface area (Å²) in [5, 5.41) is 0. The molecular formula is CH5O2P. The number of hydrogen-bond acceptors (Lipinski definition) is 2. The van der Waals surface area contributed by atoms with E-state index in [9.17, 15) is 0 Å². The van der Waals surface area contributed by atoms with Crippen molar-refractivity contribution >= 4 is 14.3 Å². The van der Waals surface area contributed by atoms with E-state index in [-0.39, 0.29) is 0 Å². The Bertz CT molecular complexity index is 29.0. The molecule has 3 heteroatoms. The van der Waals surface area contributed by atoms with Gasteiger partial charge in [0.25, 0.3) is 0 Å². The smallest absolute Gasteiger partial charge is 0.0986 e. The summed E-state index contributed by atoms with van der Waals surface area (Å²) in [4.78, 5) is 15.2. The van der Waals surface area contributed by atoms with Gasteiger partial charge in [0.05, 0.1) is 8.00 Å². The van der Waals surface area contributed by atoms with Crippen molar-refractivity contribution in [1.82, 2.24) is 0 Å². The minimum atomic E-state index is -2.13. The third-order valence-electron chi connectivity index (χ3n) is 0. The Morgan fingerprint density at radius 2 is 1.50 bits per heavy atom. The average Bonchev–Trinajstić information content (AvgIpc) is 0.811. The van der Waals surface area contributed by atoms with Crippen LogP contribution in [0.1, 0.15) is 0 Å². The van der Waals surface area contributed by atoms with Crippen LogP contribution >= 0.6 is 8.00 Å². The second kappa shape index (κ2) is 1.53. The van der Waals surface area contributed by atoms with Crippen LogP contribution in [-0.4, -0.2) is 16.1 Å². The maximum atomic E-state index is 7.60. The minimum absolute atomic E-state index is 2.13. The lowest BCUT2D eigenvalue weighted by Gasteiger charge is -1.70. The fourth-order valence-corrected chi connectivity index (χ4v) is 0. The molecule has 0 spiro atoms. The molecule has 2 N–H and O–H groups in total. The fraction of sp³-hybridized carbons (Fsp3) is 0. The molecular weight excluding hydrogens is 75.0 g/mol. The summed E-state index contributed by atoms with van der Waals surface area (Å²) in [6.45, 7) is 0. The van der Waals surface area contributed by atoms with Crippen LogP contribution in [0.15, 0.2) is 0 Å². The van der Waals surface area contributed by atoms with Gasteiger partial charge in [0.2, 0.25) is 0 Å². The molecule has 0 radical (unpaired) electrons. The molecule has 0 heterocycles. The first-order valence-electron chi connectivity index (χ1n) is 0.801. The normalized spacial score (nSPS) is 8.75. The van der Waals surface area contributed by atoms with Crippen LogP contribution in [0.2, 0.25) is 0 Å². The molecule has 0 saturated carbocycles. The van der Waals surface area contributed by atoms with Crippen molar-refractivity contribution in [2.75, 3.05) is 0 Å². The highest BCUT2D eigenvalue weighted by molar-refractivity contribution is 7.43. The Kier molecular flexibility index (Phi) is 1.61. The highest BCUT2D eigenvalue weighted by Crippen LogP contribution is 1.97. The quantitative estimate of drug-likeness (QED) is 0.383. The molecule has 0 amide bonds. The molecule has 0 unspecified atom stereocenters.